The molecule has 4 heterocycles. The van der Waals surface area contributed by atoms with Gasteiger partial charge in [0, 0.05) is 31.7 Å². The molecular weight excluding hydrogens is 416 g/mol. The lowest BCUT2D eigenvalue weighted by Crippen LogP contribution is -2.42. The van der Waals surface area contributed by atoms with Crippen LogP contribution < -0.4 is 15.4 Å². The van der Waals surface area contributed by atoms with Crippen molar-refractivity contribution >= 4 is 17.3 Å². The van der Waals surface area contributed by atoms with Crippen LogP contribution in [0.2, 0.25) is 0 Å². The standard InChI is InChI=1S/C24H36N8O/c1-6-7-17(3)33-24-28-21(25)23-27-19(15-32(23)29-24)13-18-12-16(2)22(26-14-18)31-10-8-20(9-11-31)30(4)5/h12,14-15,17,20H,6-11,13H2,1-5H3,(H2,25,28,29). The topological polar surface area (TPSA) is 97.7 Å². The van der Waals surface area contributed by atoms with E-state index in [1.165, 1.54) is 18.4 Å². The monoisotopic (exact) mass is 452 g/mol. The summed E-state index contributed by atoms with van der Waals surface area (Å²) >= 11 is 0. The predicted octanol–water partition coefficient (Wildman–Crippen LogP) is 3.10. The van der Waals surface area contributed by atoms with Gasteiger partial charge in [0.1, 0.15) is 5.82 Å². The summed E-state index contributed by atoms with van der Waals surface area (Å²) in [4.78, 5) is 18.5. The minimum absolute atomic E-state index is 0.0380. The maximum absolute atomic E-state index is 6.13. The van der Waals surface area contributed by atoms with E-state index in [9.17, 15) is 0 Å². The molecule has 1 fully saturated rings. The van der Waals surface area contributed by atoms with E-state index in [2.05, 4.69) is 58.9 Å². The normalized spacial score (nSPS) is 16.0. The highest BCUT2D eigenvalue weighted by atomic mass is 16.5. The summed E-state index contributed by atoms with van der Waals surface area (Å²) in [5.74, 6) is 1.41. The highest BCUT2D eigenvalue weighted by Crippen LogP contribution is 2.24. The van der Waals surface area contributed by atoms with Crippen molar-refractivity contribution in [2.24, 2.45) is 0 Å². The van der Waals surface area contributed by atoms with Crippen LogP contribution in [0.4, 0.5) is 11.6 Å². The molecule has 0 spiro atoms. The summed E-state index contributed by atoms with van der Waals surface area (Å²) in [6, 6.07) is 3.15. The number of hydrogen-bond acceptors (Lipinski definition) is 8. The van der Waals surface area contributed by atoms with E-state index in [-0.39, 0.29) is 12.1 Å². The van der Waals surface area contributed by atoms with Gasteiger partial charge in [0.2, 0.25) is 0 Å². The molecule has 0 aromatic carbocycles. The molecule has 0 saturated carbocycles. The molecule has 0 aliphatic carbocycles. The predicted molar refractivity (Wildman–Crippen MR) is 131 cm³/mol. The average molecular weight is 453 g/mol. The molecule has 9 nitrogen and oxygen atoms in total. The fourth-order valence-electron chi connectivity index (χ4n) is 4.57. The van der Waals surface area contributed by atoms with Gasteiger partial charge in [-0.2, -0.15) is 4.98 Å². The smallest absolute Gasteiger partial charge is 0.336 e. The Labute approximate surface area is 196 Å². The van der Waals surface area contributed by atoms with E-state index in [0.29, 0.717) is 23.9 Å². The zero-order valence-corrected chi connectivity index (χ0v) is 20.5. The fraction of sp³-hybridized carbons (Fsp3) is 0.583. The quantitative estimate of drug-likeness (QED) is 0.557. The molecule has 178 valence electrons. The Bertz CT molecular complexity index is 1090. The van der Waals surface area contributed by atoms with Crippen molar-refractivity contribution in [2.75, 3.05) is 37.8 Å². The molecule has 1 atom stereocenters. The molecule has 33 heavy (non-hydrogen) atoms. The van der Waals surface area contributed by atoms with Crippen LogP contribution in [0.5, 0.6) is 6.01 Å². The molecular formula is C24H36N8O. The Hall–Kier alpha value is -2.94. The van der Waals surface area contributed by atoms with Gasteiger partial charge < -0.3 is 20.3 Å². The third kappa shape index (κ3) is 5.35. The van der Waals surface area contributed by atoms with Gasteiger partial charge in [0.25, 0.3) is 0 Å². The Morgan fingerprint density at radius 3 is 2.67 bits per heavy atom. The van der Waals surface area contributed by atoms with E-state index in [1.54, 1.807) is 4.52 Å². The van der Waals surface area contributed by atoms with Gasteiger partial charge in [0.15, 0.2) is 11.5 Å². The Morgan fingerprint density at radius 1 is 1.24 bits per heavy atom. The Kier molecular flexibility index (Phi) is 6.97. The van der Waals surface area contributed by atoms with E-state index in [0.717, 1.165) is 43.0 Å². The molecule has 4 rings (SSSR count). The number of imidazole rings is 1. The first-order chi connectivity index (χ1) is 15.8. The van der Waals surface area contributed by atoms with E-state index in [1.807, 2.05) is 19.3 Å². The van der Waals surface area contributed by atoms with Crippen LogP contribution in [0, 0.1) is 6.92 Å². The van der Waals surface area contributed by atoms with Gasteiger partial charge in [-0.15, -0.1) is 5.10 Å². The van der Waals surface area contributed by atoms with Gasteiger partial charge in [-0.25, -0.2) is 14.5 Å². The molecule has 1 aliphatic heterocycles. The highest BCUT2D eigenvalue weighted by molar-refractivity contribution is 5.59. The number of anilines is 2. The lowest BCUT2D eigenvalue weighted by Gasteiger charge is -2.36. The summed E-state index contributed by atoms with van der Waals surface area (Å²) in [5, 5.41) is 4.45. The van der Waals surface area contributed by atoms with Crippen molar-refractivity contribution < 1.29 is 4.74 Å². The maximum atomic E-state index is 6.13. The van der Waals surface area contributed by atoms with Crippen molar-refractivity contribution in [3.63, 3.8) is 0 Å². The molecule has 3 aromatic heterocycles. The first-order valence-electron chi connectivity index (χ1n) is 11.9. The molecule has 1 unspecified atom stereocenters. The van der Waals surface area contributed by atoms with E-state index >= 15 is 0 Å². The maximum Gasteiger partial charge on any atom is 0.336 e. The first kappa shape index (κ1) is 23.2. The van der Waals surface area contributed by atoms with Crippen LogP contribution in [0.3, 0.4) is 0 Å². The van der Waals surface area contributed by atoms with Crippen LogP contribution in [0.15, 0.2) is 18.5 Å². The number of nitrogens with two attached hydrogens (primary N) is 1. The largest absolute Gasteiger partial charge is 0.459 e. The van der Waals surface area contributed by atoms with Crippen molar-refractivity contribution in [3.05, 3.63) is 35.3 Å². The molecule has 0 bridgehead atoms. The number of nitrogens with zero attached hydrogens (tertiary/aromatic N) is 7. The second kappa shape index (κ2) is 9.91. The van der Waals surface area contributed by atoms with Gasteiger partial charge in [-0.3, -0.25) is 0 Å². The summed E-state index contributed by atoms with van der Waals surface area (Å²) in [6.07, 6.45) is 8.85. The molecule has 9 heteroatoms. The van der Waals surface area contributed by atoms with Gasteiger partial charge >= 0.3 is 6.01 Å². The summed E-state index contributed by atoms with van der Waals surface area (Å²) in [5.41, 5.74) is 9.86. The fourth-order valence-corrected chi connectivity index (χ4v) is 4.57. The zero-order chi connectivity index (χ0) is 23.5. The highest BCUT2D eigenvalue weighted by Gasteiger charge is 2.22. The molecule has 2 N–H and O–H groups in total. The minimum atomic E-state index is 0.0380. The number of aromatic nitrogens is 5. The number of hydrogen-bond donors (Lipinski definition) is 1. The molecule has 0 amide bonds. The van der Waals surface area contributed by atoms with E-state index < -0.39 is 0 Å². The Morgan fingerprint density at radius 2 is 2.00 bits per heavy atom. The number of aryl methyl sites for hydroxylation is 1. The molecule has 0 radical (unpaired) electrons. The average Bonchev–Trinajstić information content (AvgIpc) is 3.17. The third-order valence-electron chi connectivity index (χ3n) is 6.36. The lowest BCUT2D eigenvalue weighted by atomic mass is 10.0. The second-order valence-electron chi connectivity index (χ2n) is 9.34. The minimum Gasteiger partial charge on any atom is -0.459 e. The number of piperidine rings is 1. The lowest BCUT2D eigenvalue weighted by molar-refractivity contribution is 0.189. The number of rotatable bonds is 8. The SMILES string of the molecule is CCCC(C)Oc1nc(N)c2nc(Cc3cnc(N4CCC(N(C)C)CC4)c(C)c3)cn2n1. The van der Waals surface area contributed by atoms with Crippen LogP contribution in [0.1, 0.15) is 56.4 Å². The summed E-state index contributed by atoms with van der Waals surface area (Å²) < 4.78 is 7.47. The second-order valence-corrected chi connectivity index (χ2v) is 9.34. The van der Waals surface area contributed by atoms with E-state index in [4.69, 9.17) is 15.5 Å². The summed E-state index contributed by atoms with van der Waals surface area (Å²) in [6.45, 7) is 8.36. The van der Waals surface area contributed by atoms with Crippen LogP contribution in [0.25, 0.3) is 5.65 Å². The van der Waals surface area contributed by atoms with Crippen molar-refractivity contribution in [1.29, 1.82) is 0 Å². The van der Waals surface area contributed by atoms with Gasteiger partial charge in [-0.05, 0) is 58.3 Å². The summed E-state index contributed by atoms with van der Waals surface area (Å²) in [7, 11) is 4.33. The third-order valence-corrected chi connectivity index (χ3v) is 6.36. The van der Waals surface area contributed by atoms with Gasteiger partial charge in [0.05, 0.1) is 18.0 Å². The van der Waals surface area contributed by atoms with Crippen molar-refractivity contribution in [1.82, 2.24) is 29.5 Å². The van der Waals surface area contributed by atoms with Crippen LogP contribution in [-0.2, 0) is 6.42 Å². The number of pyridine rings is 1. The zero-order valence-electron chi connectivity index (χ0n) is 20.5. The van der Waals surface area contributed by atoms with Crippen LogP contribution >= 0.6 is 0 Å². The molecule has 1 aliphatic rings. The number of nitrogen functional groups attached to an aromatic ring is 1. The van der Waals surface area contributed by atoms with Crippen molar-refractivity contribution in [2.45, 2.75) is 65.0 Å². The molecule has 1 saturated heterocycles. The Balaban J connectivity index is 1.47. The van der Waals surface area contributed by atoms with Gasteiger partial charge in [-0.1, -0.05) is 19.4 Å². The van der Waals surface area contributed by atoms with Crippen molar-refractivity contribution in [3.8, 4) is 6.01 Å². The first-order valence-corrected chi connectivity index (χ1v) is 11.9. The number of fused-ring (bicyclic) bond motifs is 1. The molecule has 3 aromatic rings. The van der Waals surface area contributed by atoms with Crippen LogP contribution in [-0.4, -0.2) is 68.8 Å². The number of ether oxygens (including phenoxy) is 1.